The summed E-state index contributed by atoms with van der Waals surface area (Å²) in [5, 5.41) is 7.03. The zero-order valence-electron chi connectivity index (χ0n) is 12.8. The fourth-order valence-electron chi connectivity index (χ4n) is 3.02. The molecule has 0 bridgehead atoms. The summed E-state index contributed by atoms with van der Waals surface area (Å²) in [5.74, 6) is 0.945. The van der Waals surface area contributed by atoms with Crippen molar-refractivity contribution in [3.8, 4) is 5.75 Å². The van der Waals surface area contributed by atoms with Crippen LogP contribution in [0.5, 0.6) is 5.75 Å². The number of hydrogen-bond acceptors (Lipinski definition) is 4. The molecule has 1 N–H and O–H groups in total. The van der Waals surface area contributed by atoms with Gasteiger partial charge in [-0.25, -0.2) is 4.98 Å². The van der Waals surface area contributed by atoms with Crippen molar-refractivity contribution >= 4 is 11.3 Å². The van der Waals surface area contributed by atoms with Crippen molar-refractivity contribution in [3.05, 3.63) is 45.4 Å². The Morgan fingerprint density at radius 3 is 3.00 bits per heavy atom. The summed E-state index contributed by atoms with van der Waals surface area (Å²) in [5.41, 5.74) is 3.94. The van der Waals surface area contributed by atoms with Gasteiger partial charge in [-0.2, -0.15) is 0 Å². The number of methoxy groups -OCH3 is 1. The van der Waals surface area contributed by atoms with Gasteiger partial charge >= 0.3 is 0 Å². The predicted molar refractivity (Wildman–Crippen MR) is 87.1 cm³/mol. The molecule has 21 heavy (non-hydrogen) atoms. The lowest BCUT2D eigenvalue weighted by molar-refractivity contribution is 0.398. The average Bonchev–Trinajstić information content (AvgIpc) is 2.94. The Hall–Kier alpha value is -1.39. The van der Waals surface area contributed by atoms with Crippen molar-refractivity contribution in [1.29, 1.82) is 0 Å². The van der Waals surface area contributed by atoms with Crippen LogP contribution in [0.4, 0.5) is 0 Å². The van der Waals surface area contributed by atoms with E-state index in [2.05, 4.69) is 40.8 Å². The topological polar surface area (TPSA) is 34.1 Å². The largest absolute Gasteiger partial charge is 0.497 e. The molecule has 3 nitrogen and oxygen atoms in total. The van der Waals surface area contributed by atoms with E-state index in [9.17, 15) is 0 Å². The van der Waals surface area contributed by atoms with E-state index in [0.29, 0.717) is 6.04 Å². The minimum atomic E-state index is 0.283. The molecule has 1 aliphatic rings. The van der Waals surface area contributed by atoms with Gasteiger partial charge in [0.2, 0.25) is 0 Å². The van der Waals surface area contributed by atoms with Crippen LogP contribution in [-0.2, 0) is 6.42 Å². The number of benzene rings is 1. The van der Waals surface area contributed by atoms with Crippen LogP contribution in [0.2, 0.25) is 0 Å². The highest BCUT2D eigenvalue weighted by Crippen LogP contribution is 2.34. The molecule has 1 aromatic carbocycles. The first-order valence-corrected chi connectivity index (χ1v) is 8.40. The Balaban J connectivity index is 1.81. The molecular formula is C17H22N2OS. The van der Waals surface area contributed by atoms with Crippen molar-refractivity contribution in [2.24, 2.45) is 0 Å². The van der Waals surface area contributed by atoms with E-state index in [1.54, 1.807) is 18.4 Å². The highest BCUT2D eigenvalue weighted by Gasteiger charge is 2.23. The molecule has 112 valence electrons. The van der Waals surface area contributed by atoms with E-state index < -0.39 is 0 Å². The molecule has 4 heteroatoms. The molecule has 0 fully saturated rings. The summed E-state index contributed by atoms with van der Waals surface area (Å²) >= 11 is 1.74. The third-order valence-electron chi connectivity index (χ3n) is 4.13. The second-order valence-electron chi connectivity index (χ2n) is 5.73. The minimum absolute atomic E-state index is 0.283. The maximum Gasteiger partial charge on any atom is 0.119 e. The second kappa shape index (κ2) is 6.16. The van der Waals surface area contributed by atoms with Crippen LogP contribution >= 0.6 is 11.3 Å². The maximum atomic E-state index is 5.38. The molecule has 0 radical (unpaired) electrons. The summed E-state index contributed by atoms with van der Waals surface area (Å²) in [6.45, 7) is 4.25. The number of fused-ring (bicyclic) bond motifs is 1. The van der Waals surface area contributed by atoms with Gasteiger partial charge in [0, 0.05) is 17.1 Å². The molecule has 0 aliphatic heterocycles. The Kier molecular flexibility index (Phi) is 4.27. The van der Waals surface area contributed by atoms with Crippen LogP contribution in [0.25, 0.3) is 0 Å². The van der Waals surface area contributed by atoms with E-state index in [0.717, 1.165) is 11.4 Å². The summed E-state index contributed by atoms with van der Waals surface area (Å²) in [4.78, 5) is 4.60. The van der Waals surface area contributed by atoms with Crippen molar-refractivity contribution in [3.63, 3.8) is 0 Å². The molecule has 2 unspecified atom stereocenters. The standard InChI is InChI=1S/C17H22N2OS/c1-11-10-21-17(18-11)12(2)19-16-6-4-5-13-7-8-14(20-3)9-15(13)16/h7-10,12,16,19H,4-6H2,1-3H3. The lowest BCUT2D eigenvalue weighted by Gasteiger charge is -2.29. The number of aryl methyl sites for hydroxylation is 2. The first-order chi connectivity index (χ1) is 10.2. The van der Waals surface area contributed by atoms with Crippen molar-refractivity contribution < 1.29 is 4.74 Å². The van der Waals surface area contributed by atoms with Crippen molar-refractivity contribution in [1.82, 2.24) is 10.3 Å². The summed E-state index contributed by atoms with van der Waals surface area (Å²) in [6, 6.07) is 7.13. The van der Waals surface area contributed by atoms with Crippen LogP contribution in [0.15, 0.2) is 23.6 Å². The minimum Gasteiger partial charge on any atom is -0.497 e. The number of nitrogens with one attached hydrogen (secondary N) is 1. The maximum absolute atomic E-state index is 5.38. The fraction of sp³-hybridized carbons (Fsp3) is 0.471. The lowest BCUT2D eigenvalue weighted by atomic mass is 9.87. The first-order valence-electron chi connectivity index (χ1n) is 7.52. The number of aromatic nitrogens is 1. The predicted octanol–water partition coefficient (Wildman–Crippen LogP) is 4.19. The third-order valence-corrected chi connectivity index (χ3v) is 5.27. The molecule has 3 rings (SSSR count). The van der Waals surface area contributed by atoms with Gasteiger partial charge in [-0.05, 0) is 56.4 Å². The Labute approximate surface area is 130 Å². The normalized spacial score (nSPS) is 19.1. The van der Waals surface area contributed by atoms with E-state index in [-0.39, 0.29) is 6.04 Å². The summed E-state index contributed by atoms with van der Waals surface area (Å²) in [6.07, 6.45) is 3.58. The van der Waals surface area contributed by atoms with Crippen LogP contribution < -0.4 is 10.1 Å². The Morgan fingerprint density at radius 2 is 2.29 bits per heavy atom. The lowest BCUT2D eigenvalue weighted by Crippen LogP contribution is -2.27. The van der Waals surface area contributed by atoms with E-state index in [1.807, 2.05) is 6.92 Å². The monoisotopic (exact) mass is 302 g/mol. The van der Waals surface area contributed by atoms with Crippen LogP contribution in [0, 0.1) is 6.92 Å². The third kappa shape index (κ3) is 3.11. The van der Waals surface area contributed by atoms with E-state index >= 15 is 0 Å². The van der Waals surface area contributed by atoms with E-state index in [4.69, 9.17) is 4.74 Å². The molecule has 1 heterocycles. The summed E-state index contributed by atoms with van der Waals surface area (Å²) < 4.78 is 5.38. The molecular weight excluding hydrogens is 280 g/mol. The van der Waals surface area contributed by atoms with Crippen LogP contribution in [0.3, 0.4) is 0 Å². The van der Waals surface area contributed by atoms with Crippen LogP contribution in [-0.4, -0.2) is 12.1 Å². The number of ether oxygens (including phenoxy) is 1. The number of thiazole rings is 1. The molecule has 0 saturated heterocycles. The van der Waals surface area contributed by atoms with Crippen LogP contribution in [0.1, 0.15) is 53.7 Å². The zero-order chi connectivity index (χ0) is 14.8. The number of nitrogens with zero attached hydrogens (tertiary/aromatic N) is 1. The van der Waals surface area contributed by atoms with Gasteiger partial charge in [-0.15, -0.1) is 11.3 Å². The van der Waals surface area contributed by atoms with Gasteiger partial charge in [0.1, 0.15) is 10.8 Å². The second-order valence-corrected chi connectivity index (χ2v) is 6.61. The van der Waals surface area contributed by atoms with Gasteiger partial charge in [0.15, 0.2) is 0 Å². The quantitative estimate of drug-likeness (QED) is 0.919. The SMILES string of the molecule is COc1ccc2c(c1)C(NC(C)c1nc(C)cs1)CCC2. The van der Waals surface area contributed by atoms with Crippen molar-refractivity contribution in [2.45, 2.75) is 45.2 Å². The first kappa shape index (κ1) is 14.5. The highest BCUT2D eigenvalue weighted by atomic mass is 32.1. The molecule has 1 aromatic heterocycles. The smallest absolute Gasteiger partial charge is 0.119 e. The molecule has 0 saturated carbocycles. The van der Waals surface area contributed by atoms with Gasteiger partial charge in [0.25, 0.3) is 0 Å². The van der Waals surface area contributed by atoms with Gasteiger partial charge in [-0.3, -0.25) is 0 Å². The average molecular weight is 302 g/mol. The van der Waals surface area contributed by atoms with Crippen molar-refractivity contribution in [2.75, 3.05) is 7.11 Å². The van der Waals surface area contributed by atoms with Gasteiger partial charge in [0.05, 0.1) is 13.2 Å². The molecule has 2 atom stereocenters. The van der Waals surface area contributed by atoms with E-state index in [1.165, 1.54) is 35.4 Å². The molecule has 0 amide bonds. The van der Waals surface area contributed by atoms with Gasteiger partial charge in [-0.1, -0.05) is 6.07 Å². The number of rotatable bonds is 4. The number of hydrogen-bond donors (Lipinski definition) is 1. The highest BCUT2D eigenvalue weighted by molar-refractivity contribution is 7.09. The molecule has 0 spiro atoms. The zero-order valence-corrected chi connectivity index (χ0v) is 13.7. The molecule has 1 aliphatic carbocycles. The molecule has 2 aromatic rings. The van der Waals surface area contributed by atoms with Gasteiger partial charge < -0.3 is 10.1 Å². The Bertz CT molecular complexity index is 623. The fourth-order valence-corrected chi connectivity index (χ4v) is 3.83. The summed E-state index contributed by atoms with van der Waals surface area (Å²) in [7, 11) is 1.73. The Morgan fingerprint density at radius 1 is 1.43 bits per heavy atom.